The van der Waals surface area contributed by atoms with Gasteiger partial charge in [0.05, 0.1) is 19.3 Å². The summed E-state index contributed by atoms with van der Waals surface area (Å²) in [6, 6.07) is -2.89. The van der Waals surface area contributed by atoms with Crippen LogP contribution in [-0.4, -0.2) is 99.2 Å². The van der Waals surface area contributed by atoms with Crippen molar-refractivity contribution < 1.29 is 62.5 Å². The van der Waals surface area contributed by atoms with E-state index in [0.29, 0.717) is 12.8 Å². The van der Waals surface area contributed by atoms with Crippen molar-refractivity contribution in [2.75, 3.05) is 25.6 Å². The molecule has 0 bridgehead atoms. The fourth-order valence-electron chi connectivity index (χ4n) is 5.74. The van der Waals surface area contributed by atoms with Gasteiger partial charge in [-0.1, -0.05) is 144 Å². The summed E-state index contributed by atoms with van der Waals surface area (Å²) in [7, 11) is -4.90. The van der Waals surface area contributed by atoms with Crippen molar-refractivity contribution in [1.29, 1.82) is 0 Å². The first-order chi connectivity index (χ1) is 31.7. The molecule has 0 aromatic heterocycles. The summed E-state index contributed by atoms with van der Waals surface area (Å²) >= 11 is 1.14. The van der Waals surface area contributed by atoms with Gasteiger partial charge in [-0.15, -0.1) is 11.8 Å². The molecule has 0 amide bonds. The predicted octanol–water partition coefficient (Wildman–Crippen LogP) is 9.60. The van der Waals surface area contributed by atoms with Crippen LogP contribution in [0.4, 0.5) is 0 Å². The Balaban J connectivity index is 5.32. The van der Waals surface area contributed by atoms with Gasteiger partial charge in [0, 0.05) is 23.8 Å². The summed E-state index contributed by atoms with van der Waals surface area (Å²) in [5.41, 5.74) is 11.5. The molecule has 15 nitrogen and oxygen atoms in total. The number of nitrogens with two attached hydrogens (primary N) is 2. The minimum absolute atomic E-state index is 0.0433. The number of unbranched alkanes of at least 4 members (excludes halogenated alkanes) is 10. The highest BCUT2D eigenvalue weighted by Crippen LogP contribution is 2.43. The fraction of sp³-hybridized carbons (Fsp3) is 0.633. The van der Waals surface area contributed by atoms with E-state index in [-0.39, 0.29) is 31.4 Å². The molecule has 0 spiro atoms. The number of aliphatic hydroxyl groups is 1. The van der Waals surface area contributed by atoms with Crippen molar-refractivity contribution in [2.24, 2.45) is 11.5 Å². The number of phosphoric acid groups is 1. The molecule has 0 saturated heterocycles. The highest BCUT2D eigenvalue weighted by Gasteiger charge is 2.30. The van der Waals surface area contributed by atoms with Crippen LogP contribution < -0.4 is 11.5 Å². The van der Waals surface area contributed by atoms with Crippen LogP contribution >= 0.6 is 19.6 Å². The number of hydrogen-bond acceptors (Lipinski definition) is 13. The number of carbonyl (C=O) groups is 4. The number of aliphatic carboxylic acids is 2. The van der Waals surface area contributed by atoms with E-state index in [0.717, 1.165) is 43.9 Å². The van der Waals surface area contributed by atoms with Gasteiger partial charge in [0.15, 0.2) is 6.10 Å². The number of carbonyl (C=O) groups excluding carboxylic acids is 2. The van der Waals surface area contributed by atoms with Gasteiger partial charge in [-0.25, -0.2) is 4.57 Å². The maximum Gasteiger partial charge on any atom is 0.472 e. The number of hydrogen-bond donors (Lipinski definition) is 6. The maximum atomic E-state index is 13.2. The lowest BCUT2D eigenvalue weighted by atomic mass is 10.1. The lowest BCUT2D eigenvalue weighted by molar-refractivity contribution is -0.161. The zero-order valence-corrected chi connectivity index (χ0v) is 41.1. The molecule has 0 aliphatic heterocycles. The Morgan fingerprint density at radius 1 is 0.636 bits per heavy atom. The second-order valence-corrected chi connectivity index (χ2v) is 18.4. The number of ether oxygens (including phenoxy) is 2. The summed E-state index contributed by atoms with van der Waals surface area (Å²) in [5, 5.41) is 28.4. The van der Waals surface area contributed by atoms with Gasteiger partial charge in [0.1, 0.15) is 18.7 Å². The van der Waals surface area contributed by atoms with Crippen LogP contribution in [0.3, 0.4) is 0 Å². The van der Waals surface area contributed by atoms with Gasteiger partial charge in [-0.3, -0.25) is 28.2 Å². The zero-order chi connectivity index (χ0) is 49.1. The quantitative estimate of drug-likeness (QED) is 0.0109. The Morgan fingerprint density at radius 2 is 1.18 bits per heavy atom. The number of esters is 2. The van der Waals surface area contributed by atoms with Crippen LogP contribution in [0.25, 0.3) is 0 Å². The number of thioether (sulfide) groups is 1. The smallest absolute Gasteiger partial charge is 0.472 e. The van der Waals surface area contributed by atoms with E-state index in [1.165, 1.54) is 57.8 Å². The van der Waals surface area contributed by atoms with Gasteiger partial charge in [0.25, 0.3) is 0 Å². The molecular formula is C49H81N2O13PS. The van der Waals surface area contributed by atoms with E-state index >= 15 is 0 Å². The molecule has 6 atom stereocenters. The Labute approximate surface area is 398 Å². The minimum atomic E-state index is -4.90. The molecule has 8 N–H and O–H groups in total. The van der Waals surface area contributed by atoms with Gasteiger partial charge >= 0.3 is 31.7 Å². The third-order valence-electron chi connectivity index (χ3n) is 9.62. The highest BCUT2D eigenvalue weighted by molar-refractivity contribution is 8.00. The number of phosphoric ester groups is 1. The number of aliphatic hydroxyl groups excluding tert-OH is 1. The lowest BCUT2D eigenvalue weighted by Crippen LogP contribution is -2.40. The van der Waals surface area contributed by atoms with Crippen LogP contribution in [0.15, 0.2) is 85.1 Å². The zero-order valence-electron chi connectivity index (χ0n) is 39.4. The van der Waals surface area contributed by atoms with Crippen LogP contribution in [0.2, 0.25) is 0 Å². The predicted molar refractivity (Wildman–Crippen MR) is 264 cm³/mol. The summed E-state index contributed by atoms with van der Waals surface area (Å²) < 4.78 is 32.8. The van der Waals surface area contributed by atoms with Crippen LogP contribution in [-0.2, 0) is 42.3 Å². The summed E-state index contributed by atoms with van der Waals surface area (Å²) in [6.45, 7) is 2.19. The number of carboxylic acid groups (broad SMARTS) is 2. The molecule has 376 valence electrons. The van der Waals surface area contributed by atoms with Gasteiger partial charge in [-0.05, 0) is 70.6 Å². The van der Waals surface area contributed by atoms with Crippen molar-refractivity contribution >= 4 is 43.5 Å². The number of rotatable bonds is 43. The minimum Gasteiger partial charge on any atom is -0.481 e. The molecule has 0 aliphatic carbocycles. The SMILES string of the molecule is CCCCC/C=C\C\C=C/C=C/C=C/[C@@H](SC[C@H](N)C(=O)O[C@H](COC(=O)CCC/C=C\C/C=C\C/C=C\CCCCCCCC)COP(=O)(O)OC[C@H](N)C(=O)O)[C@@H](O)CCCC(=O)O. The summed E-state index contributed by atoms with van der Waals surface area (Å²) in [5.74, 6) is -4.10. The lowest BCUT2D eigenvalue weighted by Gasteiger charge is -2.23. The number of carboxylic acids is 2. The van der Waals surface area contributed by atoms with Crippen molar-refractivity contribution in [2.45, 2.75) is 172 Å². The van der Waals surface area contributed by atoms with E-state index in [4.69, 9.17) is 35.7 Å². The molecule has 0 radical (unpaired) electrons. The molecule has 0 aliphatic rings. The first-order valence-corrected chi connectivity index (χ1v) is 26.1. The molecule has 0 rings (SSSR count). The first kappa shape index (κ1) is 62.4. The van der Waals surface area contributed by atoms with Gasteiger partial charge in [0.2, 0.25) is 0 Å². The fourth-order valence-corrected chi connectivity index (χ4v) is 7.64. The second-order valence-electron chi connectivity index (χ2n) is 15.7. The van der Waals surface area contributed by atoms with Crippen LogP contribution in [0, 0.1) is 0 Å². The van der Waals surface area contributed by atoms with Gasteiger partial charge < -0.3 is 41.2 Å². The highest BCUT2D eigenvalue weighted by atomic mass is 32.2. The van der Waals surface area contributed by atoms with Crippen molar-refractivity contribution in [1.82, 2.24) is 0 Å². The monoisotopic (exact) mass is 969 g/mol. The topological polar surface area (TPSA) is 255 Å². The molecule has 1 unspecified atom stereocenters. The molecule has 0 aromatic carbocycles. The Morgan fingerprint density at radius 3 is 1.82 bits per heavy atom. The largest absolute Gasteiger partial charge is 0.481 e. The van der Waals surface area contributed by atoms with Crippen molar-refractivity contribution in [3.05, 3.63) is 85.1 Å². The summed E-state index contributed by atoms with van der Waals surface area (Å²) in [4.78, 5) is 58.0. The second kappa shape index (κ2) is 42.7. The average molecular weight is 969 g/mol. The van der Waals surface area contributed by atoms with Crippen LogP contribution in [0.5, 0.6) is 0 Å². The van der Waals surface area contributed by atoms with E-state index in [1.807, 2.05) is 30.4 Å². The van der Waals surface area contributed by atoms with E-state index < -0.39 is 81.1 Å². The molecule has 0 fully saturated rings. The number of allylic oxidation sites excluding steroid dienone is 13. The molecule has 0 saturated carbocycles. The van der Waals surface area contributed by atoms with Crippen molar-refractivity contribution in [3.8, 4) is 0 Å². The van der Waals surface area contributed by atoms with Crippen LogP contribution in [0.1, 0.15) is 142 Å². The third-order valence-corrected chi connectivity index (χ3v) is 12.0. The standard InChI is InChI=1S/C49H81N2O13PS/c1-3-5-7-9-11-13-15-17-18-19-20-21-23-25-27-29-31-36-47(55)61-37-41(38-62-65(59,60)63-39-42(50)48(56)57)64-49(58)43(51)40-66-45(44(52)33-32-35-46(53)54)34-30-28-26-24-22-16-14-12-10-8-6-4-2/h12,14,17-18,20-22,24-28,30,34,41-45,52H,3-11,13,15-16,19,23,29,31-33,35-40,50-51H2,1-2H3,(H,53,54)(H,56,57)(H,59,60)/b14-12-,18-17-,21-20-,24-22-,27-25-,28-26+,34-30+/t41-,42+,43+,44+,45-/m1/s1. The van der Waals surface area contributed by atoms with E-state index in [2.05, 4.69) is 54.8 Å². The maximum absolute atomic E-state index is 13.2. The normalized spacial score (nSPS) is 15.7. The Bertz CT molecular complexity index is 1570. The van der Waals surface area contributed by atoms with Crippen molar-refractivity contribution in [3.63, 3.8) is 0 Å². The molecule has 0 heterocycles. The Hall–Kier alpha value is -3.60. The molecule has 17 heteroatoms. The molecular weight excluding hydrogens is 888 g/mol. The molecule has 66 heavy (non-hydrogen) atoms. The summed E-state index contributed by atoms with van der Waals surface area (Å²) in [6.07, 6.45) is 42.9. The third kappa shape index (κ3) is 39.6. The Kier molecular flexibility index (Phi) is 40.4. The van der Waals surface area contributed by atoms with Gasteiger partial charge in [-0.2, -0.15) is 0 Å². The average Bonchev–Trinajstić information content (AvgIpc) is 3.28. The first-order valence-electron chi connectivity index (χ1n) is 23.6. The molecule has 0 aromatic rings. The van der Waals surface area contributed by atoms with E-state index in [1.54, 1.807) is 18.2 Å². The van der Waals surface area contributed by atoms with E-state index in [9.17, 15) is 33.7 Å².